The molecule has 0 saturated carbocycles. The molecule has 0 unspecified atom stereocenters. The van der Waals surface area contributed by atoms with E-state index in [1.807, 2.05) is 66.2 Å². The fourth-order valence-electron chi connectivity index (χ4n) is 2.79. The Balaban J connectivity index is 1.61. The standard InChI is InChI=1S/C20H21NO2S2/c1-2-17(14-6-4-3-5-7-14)20(23)21-12-16-8-9-18(25-16)19(22)15-10-11-24-13-15/h3-11,13,17,19,22H,2,12H2,1H3,(H,21,23)/t17-,19-/m0/s1. The van der Waals surface area contributed by atoms with E-state index in [1.165, 1.54) is 11.3 Å². The number of carbonyl (C=O) groups is 1. The van der Waals surface area contributed by atoms with Crippen molar-refractivity contribution in [3.8, 4) is 0 Å². The largest absolute Gasteiger partial charge is 0.383 e. The first-order chi connectivity index (χ1) is 12.2. The summed E-state index contributed by atoms with van der Waals surface area (Å²) in [6.45, 7) is 2.51. The zero-order valence-electron chi connectivity index (χ0n) is 14.0. The minimum Gasteiger partial charge on any atom is -0.383 e. The maximum atomic E-state index is 12.5. The summed E-state index contributed by atoms with van der Waals surface area (Å²) >= 11 is 3.11. The number of hydrogen-bond donors (Lipinski definition) is 2. The maximum Gasteiger partial charge on any atom is 0.227 e. The van der Waals surface area contributed by atoms with Gasteiger partial charge in [0.15, 0.2) is 0 Å². The number of carbonyl (C=O) groups excluding carboxylic acids is 1. The molecule has 2 N–H and O–H groups in total. The van der Waals surface area contributed by atoms with Crippen LogP contribution >= 0.6 is 22.7 Å². The highest BCUT2D eigenvalue weighted by Gasteiger charge is 2.19. The maximum absolute atomic E-state index is 12.5. The molecule has 0 aliphatic heterocycles. The van der Waals surface area contributed by atoms with Crippen molar-refractivity contribution < 1.29 is 9.90 Å². The average Bonchev–Trinajstić information content (AvgIpc) is 3.33. The molecule has 0 radical (unpaired) electrons. The molecule has 25 heavy (non-hydrogen) atoms. The SMILES string of the molecule is CC[C@H](C(=O)NCc1ccc([C@@H](O)c2ccsc2)s1)c1ccccc1. The number of aliphatic hydroxyl groups is 1. The molecule has 0 fully saturated rings. The van der Waals surface area contributed by atoms with Crippen LogP contribution in [0.5, 0.6) is 0 Å². The second-order valence-corrected chi connectivity index (χ2v) is 7.83. The van der Waals surface area contributed by atoms with E-state index in [4.69, 9.17) is 0 Å². The van der Waals surface area contributed by atoms with Gasteiger partial charge in [-0.05, 0) is 46.5 Å². The molecule has 0 spiro atoms. The summed E-state index contributed by atoms with van der Waals surface area (Å²) in [5.74, 6) is -0.0842. The predicted octanol–water partition coefficient (Wildman–Crippen LogP) is 4.70. The number of aliphatic hydroxyl groups excluding tert-OH is 1. The van der Waals surface area contributed by atoms with E-state index >= 15 is 0 Å². The Labute approximate surface area is 156 Å². The van der Waals surface area contributed by atoms with Gasteiger partial charge in [0.25, 0.3) is 0 Å². The van der Waals surface area contributed by atoms with Gasteiger partial charge in [0.05, 0.1) is 12.5 Å². The van der Waals surface area contributed by atoms with E-state index in [-0.39, 0.29) is 11.8 Å². The first kappa shape index (κ1) is 17.9. The lowest BCUT2D eigenvalue weighted by Gasteiger charge is -2.15. The van der Waals surface area contributed by atoms with Gasteiger partial charge in [-0.3, -0.25) is 4.79 Å². The van der Waals surface area contributed by atoms with Crippen LogP contribution in [0.4, 0.5) is 0 Å². The summed E-state index contributed by atoms with van der Waals surface area (Å²) in [4.78, 5) is 14.5. The van der Waals surface area contributed by atoms with Gasteiger partial charge in [0, 0.05) is 9.75 Å². The zero-order chi connectivity index (χ0) is 17.6. The molecule has 0 aliphatic carbocycles. The number of nitrogens with one attached hydrogen (secondary N) is 1. The van der Waals surface area contributed by atoms with Crippen molar-refractivity contribution in [1.82, 2.24) is 5.32 Å². The minimum absolute atomic E-state index is 0.0435. The quantitative estimate of drug-likeness (QED) is 0.632. The smallest absolute Gasteiger partial charge is 0.227 e. The molecule has 0 aliphatic rings. The third kappa shape index (κ3) is 4.37. The average molecular weight is 372 g/mol. The Morgan fingerprint density at radius 3 is 2.60 bits per heavy atom. The fraction of sp³-hybridized carbons (Fsp3) is 0.250. The van der Waals surface area contributed by atoms with Crippen LogP contribution in [0.3, 0.4) is 0 Å². The molecule has 3 nitrogen and oxygen atoms in total. The molecule has 1 aromatic carbocycles. The van der Waals surface area contributed by atoms with Crippen molar-refractivity contribution in [2.45, 2.75) is 31.9 Å². The van der Waals surface area contributed by atoms with Gasteiger partial charge < -0.3 is 10.4 Å². The highest BCUT2D eigenvalue weighted by molar-refractivity contribution is 7.12. The number of hydrogen-bond acceptors (Lipinski definition) is 4. The normalized spacial score (nSPS) is 13.4. The Kier molecular flexibility index (Phi) is 6.02. The fourth-order valence-corrected chi connectivity index (χ4v) is 4.43. The highest BCUT2D eigenvalue weighted by Crippen LogP contribution is 2.29. The molecule has 130 valence electrons. The molecule has 3 rings (SSSR count). The van der Waals surface area contributed by atoms with Gasteiger partial charge in [0.1, 0.15) is 6.10 Å². The summed E-state index contributed by atoms with van der Waals surface area (Å²) in [5.41, 5.74) is 1.96. The summed E-state index contributed by atoms with van der Waals surface area (Å²) in [5, 5.41) is 17.3. The van der Waals surface area contributed by atoms with Crippen LogP contribution in [0.25, 0.3) is 0 Å². The third-order valence-electron chi connectivity index (χ3n) is 4.17. The Hall–Kier alpha value is -1.95. The van der Waals surface area contributed by atoms with Gasteiger partial charge in [-0.1, -0.05) is 37.3 Å². The molecule has 3 aromatic rings. The number of benzene rings is 1. The highest BCUT2D eigenvalue weighted by atomic mass is 32.1. The molecular formula is C20H21NO2S2. The van der Waals surface area contributed by atoms with Crippen molar-refractivity contribution in [2.24, 2.45) is 0 Å². The summed E-state index contributed by atoms with van der Waals surface area (Å²) in [6, 6.07) is 15.7. The van der Waals surface area contributed by atoms with Gasteiger partial charge in [-0.2, -0.15) is 11.3 Å². The lowest BCUT2D eigenvalue weighted by atomic mass is 9.96. The van der Waals surface area contributed by atoms with Gasteiger partial charge in [0.2, 0.25) is 5.91 Å². The van der Waals surface area contributed by atoms with Crippen molar-refractivity contribution in [3.63, 3.8) is 0 Å². The van der Waals surface area contributed by atoms with Crippen LogP contribution in [0, 0.1) is 0 Å². The van der Waals surface area contributed by atoms with Crippen molar-refractivity contribution in [1.29, 1.82) is 0 Å². The van der Waals surface area contributed by atoms with E-state index < -0.39 is 6.10 Å². The molecule has 0 saturated heterocycles. The van der Waals surface area contributed by atoms with Gasteiger partial charge >= 0.3 is 0 Å². The topological polar surface area (TPSA) is 49.3 Å². The molecule has 2 heterocycles. The summed E-state index contributed by atoms with van der Waals surface area (Å²) < 4.78 is 0. The van der Waals surface area contributed by atoms with Crippen LogP contribution in [0.1, 0.15) is 46.2 Å². The molecule has 0 bridgehead atoms. The van der Waals surface area contributed by atoms with Crippen molar-refractivity contribution in [3.05, 3.63) is 80.2 Å². The van der Waals surface area contributed by atoms with E-state index in [9.17, 15) is 9.90 Å². The second-order valence-electron chi connectivity index (χ2n) is 5.85. The second kappa shape index (κ2) is 8.43. The van der Waals surface area contributed by atoms with Crippen LogP contribution in [0.15, 0.2) is 59.3 Å². The molecular weight excluding hydrogens is 350 g/mol. The Morgan fingerprint density at radius 1 is 1.12 bits per heavy atom. The molecule has 5 heteroatoms. The first-order valence-corrected chi connectivity index (χ1v) is 10.1. The third-order valence-corrected chi connectivity index (χ3v) is 6.01. The monoisotopic (exact) mass is 371 g/mol. The number of rotatable bonds is 7. The lowest BCUT2D eigenvalue weighted by molar-refractivity contribution is -0.122. The summed E-state index contributed by atoms with van der Waals surface area (Å²) in [7, 11) is 0. The molecule has 1 amide bonds. The predicted molar refractivity (Wildman–Crippen MR) is 104 cm³/mol. The van der Waals surface area contributed by atoms with Crippen LogP contribution in [0.2, 0.25) is 0 Å². The van der Waals surface area contributed by atoms with Crippen LogP contribution in [-0.4, -0.2) is 11.0 Å². The van der Waals surface area contributed by atoms with Crippen molar-refractivity contribution >= 4 is 28.6 Å². The van der Waals surface area contributed by atoms with Gasteiger partial charge in [-0.15, -0.1) is 11.3 Å². The van der Waals surface area contributed by atoms with E-state index in [1.54, 1.807) is 11.3 Å². The van der Waals surface area contributed by atoms with Crippen LogP contribution in [-0.2, 0) is 11.3 Å². The zero-order valence-corrected chi connectivity index (χ0v) is 15.6. The molecule has 2 aromatic heterocycles. The van der Waals surface area contributed by atoms with E-state index in [0.29, 0.717) is 6.54 Å². The van der Waals surface area contributed by atoms with Crippen molar-refractivity contribution in [2.75, 3.05) is 0 Å². The minimum atomic E-state index is -0.589. The summed E-state index contributed by atoms with van der Waals surface area (Å²) in [6.07, 6.45) is 0.177. The van der Waals surface area contributed by atoms with E-state index in [2.05, 4.69) is 5.32 Å². The Morgan fingerprint density at radius 2 is 1.92 bits per heavy atom. The Bertz CT molecular complexity index is 796. The van der Waals surface area contributed by atoms with E-state index in [0.717, 1.165) is 27.3 Å². The first-order valence-electron chi connectivity index (χ1n) is 8.30. The van der Waals surface area contributed by atoms with Crippen LogP contribution < -0.4 is 5.32 Å². The van der Waals surface area contributed by atoms with Gasteiger partial charge in [-0.25, -0.2) is 0 Å². The lowest BCUT2D eigenvalue weighted by Crippen LogP contribution is -2.28. The number of amides is 1. The number of thiophene rings is 2. The molecule has 2 atom stereocenters.